The molecular formula is C19H23N3O3. The van der Waals surface area contributed by atoms with Crippen LogP contribution in [0.1, 0.15) is 26.3 Å². The summed E-state index contributed by atoms with van der Waals surface area (Å²) in [4.78, 5) is 25.0. The van der Waals surface area contributed by atoms with E-state index in [4.69, 9.17) is 0 Å². The van der Waals surface area contributed by atoms with E-state index in [9.17, 15) is 14.9 Å². The Hall–Kier alpha value is -2.89. The summed E-state index contributed by atoms with van der Waals surface area (Å²) in [6.07, 6.45) is -0.0357. The lowest BCUT2D eigenvalue weighted by Gasteiger charge is -2.27. The van der Waals surface area contributed by atoms with Gasteiger partial charge < -0.3 is 10.2 Å². The summed E-state index contributed by atoms with van der Waals surface area (Å²) in [6.45, 7) is 7.27. The molecule has 0 unspecified atom stereocenters. The molecule has 0 heterocycles. The van der Waals surface area contributed by atoms with Crippen molar-refractivity contribution in [3.8, 4) is 0 Å². The molecule has 0 aliphatic rings. The molecule has 0 aliphatic carbocycles. The van der Waals surface area contributed by atoms with E-state index >= 15 is 0 Å². The van der Waals surface area contributed by atoms with E-state index in [0.29, 0.717) is 17.3 Å². The van der Waals surface area contributed by atoms with Crippen molar-refractivity contribution in [1.82, 2.24) is 0 Å². The molecule has 6 heteroatoms. The second kappa shape index (κ2) is 8.28. The van der Waals surface area contributed by atoms with Crippen molar-refractivity contribution in [2.24, 2.45) is 0 Å². The van der Waals surface area contributed by atoms with Crippen LogP contribution in [0.5, 0.6) is 0 Å². The fourth-order valence-corrected chi connectivity index (χ4v) is 2.80. The van der Waals surface area contributed by atoms with Gasteiger partial charge in [-0.25, -0.2) is 0 Å². The molecule has 1 amide bonds. The normalized spacial score (nSPS) is 10.6. The van der Waals surface area contributed by atoms with Gasteiger partial charge in [0.2, 0.25) is 5.91 Å². The molecule has 0 radical (unpaired) electrons. The van der Waals surface area contributed by atoms with Crippen LogP contribution in [-0.2, 0) is 11.2 Å². The predicted octanol–water partition coefficient (Wildman–Crippen LogP) is 4.01. The standard InChI is InChI=1S/C19H23N3O3/c1-4-21(14(2)3)17-11-9-16(10-12-17)20-19(23)13-15-7-5-6-8-18(15)22(24)25/h5-12,14H,4,13H2,1-3H3,(H,20,23). The van der Waals surface area contributed by atoms with Gasteiger partial charge in [-0.15, -0.1) is 0 Å². The summed E-state index contributed by atoms with van der Waals surface area (Å²) in [5.41, 5.74) is 2.13. The van der Waals surface area contributed by atoms with E-state index in [2.05, 4.69) is 31.0 Å². The minimum Gasteiger partial charge on any atom is -0.369 e. The van der Waals surface area contributed by atoms with E-state index in [1.807, 2.05) is 24.3 Å². The quantitative estimate of drug-likeness (QED) is 0.610. The monoisotopic (exact) mass is 341 g/mol. The molecule has 0 fully saturated rings. The third kappa shape index (κ3) is 4.79. The average Bonchev–Trinajstić information content (AvgIpc) is 2.57. The lowest BCUT2D eigenvalue weighted by Crippen LogP contribution is -2.30. The van der Waals surface area contributed by atoms with Crippen molar-refractivity contribution in [3.05, 3.63) is 64.2 Å². The number of nitro benzene ring substituents is 1. The van der Waals surface area contributed by atoms with Crippen LogP contribution in [0.25, 0.3) is 0 Å². The van der Waals surface area contributed by atoms with Crippen molar-refractivity contribution in [3.63, 3.8) is 0 Å². The summed E-state index contributed by atoms with van der Waals surface area (Å²) in [7, 11) is 0. The summed E-state index contributed by atoms with van der Waals surface area (Å²) < 4.78 is 0. The smallest absolute Gasteiger partial charge is 0.273 e. The molecule has 6 nitrogen and oxygen atoms in total. The van der Waals surface area contributed by atoms with Gasteiger partial charge in [0.05, 0.1) is 11.3 Å². The number of para-hydroxylation sites is 1. The van der Waals surface area contributed by atoms with Gasteiger partial charge in [0.1, 0.15) is 0 Å². The summed E-state index contributed by atoms with van der Waals surface area (Å²) in [6, 6.07) is 14.3. The lowest BCUT2D eigenvalue weighted by atomic mass is 10.1. The molecule has 0 aliphatic heterocycles. The number of anilines is 2. The maximum atomic E-state index is 12.2. The third-order valence-electron chi connectivity index (χ3n) is 3.99. The highest BCUT2D eigenvalue weighted by molar-refractivity contribution is 5.93. The maximum absolute atomic E-state index is 12.2. The molecule has 1 N–H and O–H groups in total. The van der Waals surface area contributed by atoms with Gasteiger partial charge in [0, 0.05) is 35.6 Å². The summed E-state index contributed by atoms with van der Waals surface area (Å²) in [5.74, 6) is -0.279. The van der Waals surface area contributed by atoms with Gasteiger partial charge in [0.15, 0.2) is 0 Å². The largest absolute Gasteiger partial charge is 0.369 e. The molecular weight excluding hydrogens is 318 g/mol. The van der Waals surface area contributed by atoms with Crippen LogP contribution in [0.2, 0.25) is 0 Å². The number of carbonyl (C=O) groups is 1. The molecule has 25 heavy (non-hydrogen) atoms. The summed E-state index contributed by atoms with van der Waals surface area (Å²) >= 11 is 0. The molecule has 0 atom stereocenters. The third-order valence-corrected chi connectivity index (χ3v) is 3.99. The summed E-state index contributed by atoms with van der Waals surface area (Å²) in [5, 5.41) is 13.8. The Morgan fingerprint density at radius 1 is 1.16 bits per heavy atom. The van der Waals surface area contributed by atoms with E-state index in [1.165, 1.54) is 6.07 Å². The number of nitrogens with zero attached hydrogens (tertiary/aromatic N) is 2. The molecule has 2 rings (SSSR count). The fourth-order valence-electron chi connectivity index (χ4n) is 2.80. The Kier molecular flexibility index (Phi) is 6.11. The van der Waals surface area contributed by atoms with Crippen LogP contribution in [0.3, 0.4) is 0 Å². The number of carbonyl (C=O) groups excluding carboxylic acids is 1. The van der Waals surface area contributed by atoms with Gasteiger partial charge >= 0.3 is 0 Å². The Morgan fingerprint density at radius 2 is 1.80 bits per heavy atom. The first-order chi connectivity index (χ1) is 11.9. The van der Waals surface area contributed by atoms with Crippen molar-refractivity contribution in [2.75, 3.05) is 16.8 Å². The Bertz CT molecular complexity index is 742. The van der Waals surface area contributed by atoms with E-state index < -0.39 is 4.92 Å². The first kappa shape index (κ1) is 18.4. The van der Waals surface area contributed by atoms with Crippen LogP contribution in [0.4, 0.5) is 17.1 Å². The van der Waals surface area contributed by atoms with Gasteiger partial charge in [-0.1, -0.05) is 18.2 Å². The highest BCUT2D eigenvalue weighted by atomic mass is 16.6. The second-order valence-electron chi connectivity index (χ2n) is 6.04. The second-order valence-corrected chi connectivity index (χ2v) is 6.04. The van der Waals surface area contributed by atoms with Crippen LogP contribution < -0.4 is 10.2 Å². The van der Waals surface area contributed by atoms with Crippen LogP contribution in [-0.4, -0.2) is 23.4 Å². The molecule has 0 spiro atoms. The molecule has 0 saturated carbocycles. The molecule has 2 aromatic rings. The predicted molar refractivity (Wildman–Crippen MR) is 100 cm³/mol. The highest BCUT2D eigenvalue weighted by Gasteiger charge is 2.15. The zero-order chi connectivity index (χ0) is 18.4. The molecule has 2 aromatic carbocycles. The van der Waals surface area contributed by atoms with Gasteiger partial charge in [-0.3, -0.25) is 14.9 Å². The zero-order valence-corrected chi connectivity index (χ0v) is 14.7. The number of hydrogen-bond donors (Lipinski definition) is 1. The first-order valence-electron chi connectivity index (χ1n) is 8.31. The SMILES string of the molecule is CCN(c1ccc(NC(=O)Cc2ccccc2[N+](=O)[O-])cc1)C(C)C. The number of amides is 1. The average molecular weight is 341 g/mol. The molecule has 0 aromatic heterocycles. The topological polar surface area (TPSA) is 75.5 Å². The molecule has 0 saturated heterocycles. The number of hydrogen-bond acceptors (Lipinski definition) is 4. The van der Waals surface area contributed by atoms with E-state index in [-0.39, 0.29) is 18.0 Å². The number of benzene rings is 2. The van der Waals surface area contributed by atoms with Crippen molar-refractivity contribution in [2.45, 2.75) is 33.2 Å². The highest BCUT2D eigenvalue weighted by Crippen LogP contribution is 2.21. The van der Waals surface area contributed by atoms with E-state index in [1.54, 1.807) is 18.2 Å². The molecule has 0 bridgehead atoms. The van der Waals surface area contributed by atoms with Crippen LogP contribution in [0, 0.1) is 10.1 Å². The molecule has 132 valence electrons. The van der Waals surface area contributed by atoms with Crippen molar-refractivity contribution >= 4 is 23.0 Å². The number of nitrogens with one attached hydrogen (secondary N) is 1. The van der Waals surface area contributed by atoms with Crippen molar-refractivity contribution < 1.29 is 9.72 Å². The minimum absolute atomic E-state index is 0.0357. The number of nitro groups is 1. The lowest BCUT2D eigenvalue weighted by molar-refractivity contribution is -0.385. The van der Waals surface area contributed by atoms with Gasteiger partial charge in [-0.2, -0.15) is 0 Å². The van der Waals surface area contributed by atoms with E-state index in [0.717, 1.165) is 12.2 Å². The van der Waals surface area contributed by atoms with Crippen molar-refractivity contribution in [1.29, 1.82) is 0 Å². The first-order valence-corrected chi connectivity index (χ1v) is 8.31. The zero-order valence-electron chi connectivity index (χ0n) is 14.7. The Balaban J connectivity index is 2.05. The van der Waals surface area contributed by atoms with Gasteiger partial charge in [-0.05, 0) is 45.0 Å². The fraction of sp³-hybridized carbons (Fsp3) is 0.316. The number of rotatable bonds is 7. The van der Waals surface area contributed by atoms with Gasteiger partial charge in [0.25, 0.3) is 5.69 Å². The Labute approximate surface area is 147 Å². The maximum Gasteiger partial charge on any atom is 0.273 e. The minimum atomic E-state index is -0.470. The van der Waals surface area contributed by atoms with Crippen LogP contribution in [0.15, 0.2) is 48.5 Å². The Morgan fingerprint density at radius 3 is 2.36 bits per heavy atom. The van der Waals surface area contributed by atoms with Crippen LogP contribution >= 0.6 is 0 Å².